The van der Waals surface area contributed by atoms with Crippen molar-refractivity contribution < 1.29 is 20.1 Å². The molecule has 0 saturated carbocycles. The fraction of sp³-hybridized carbons (Fsp3) is 0.286. The molecular formula is C14H19NO4. The van der Waals surface area contributed by atoms with E-state index in [9.17, 15) is 4.79 Å². The van der Waals surface area contributed by atoms with Gasteiger partial charge in [-0.1, -0.05) is 18.2 Å². The quantitative estimate of drug-likeness (QED) is 0.496. The number of phenols is 1. The van der Waals surface area contributed by atoms with Crippen molar-refractivity contribution in [2.45, 2.75) is 26.2 Å². The smallest absolute Gasteiger partial charge is 0.304 e. The number of hydrogen-bond acceptors (Lipinski definition) is 4. The van der Waals surface area contributed by atoms with Crippen LogP contribution in [-0.2, 0) is 4.79 Å². The number of carbonyl (C=O) groups is 1. The van der Waals surface area contributed by atoms with E-state index in [1.807, 2.05) is 0 Å². The molecule has 0 saturated heterocycles. The van der Waals surface area contributed by atoms with E-state index in [1.54, 1.807) is 32.1 Å². The maximum atomic E-state index is 10.6. The van der Waals surface area contributed by atoms with E-state index in [1.165, 1.54) is 12.1 Å². The topological polar surface area (TPSA) is 102 Å². The Bertz CT molecular complexity index is 433. The summed E-state index contributed by atoms with van der Waals surface area (Å²) in [6.45, 7) is 3.33. The third kappa shape index (κ3) is 6.88. The number of rotatable bonds is 4. The van der Waals surface area contributed by atoms with Crippen LogP contribution in [0.5, 0.6) is 5.75 Å². The third-order valence-corrected chi connectivity index (χ3v) is 2.35. The fourth-order valence-corrected chi connectivity index (χ4v) is 1.40. The van der Waals surface area contributed by atoms with Crippen LogP contribution in [-0.4, -0.2) is 27.0 Å². The van der Waals surface area contributed by atoms with Crippen LogP contribution in [0.2, 0.25) is 0 Å². The van der Waals surface area contributed by atoms with Crippen molar-refractivity contribution in [2.24, 2.45) is 0 Å². The maximum absolute atomic E-state index is 10.6. The molecular weight excluding hydrogens is 246 g/mol. The van der Waals surface area contributed by atoms with Gasteiger partial charge in [0, 0.05) is 11.6 Å². The lowest BCUT2D eigenvalue weighted by Crippen LogP contribution is -2.13. The number of hydrogen-bond donors (Lipinski definition) is 4. The molecule has 1 atom stereocenters. The van der Waals surface area contributed by atoms with Crippen LogP contribution in [0.25, 0.3) is 0 Å². The zero-order valence-electron chi connectivity index (χ0n) is 11.0. The summed E-state index contributed by atoms with van der Waals surface area (Å²) in [6.07, 6.45) is 2.46. The number of nitrogens with one attached hydrogen (secondary N) is 1. The molecule has 5 heteroatoms. The highest BCUT2D eigenvalue weighted by atomic mass is 16.4. The van der Waals surface area contributed by atoms with Gasteiger partial charge in [-0.15, -0.1) is 0 Å². The Morgan fingerprint density at radius 2 is 1.84 bits per heavy atom. The van der Waals surface area contributed by atoms with Crippen LogP contribution in [0.1, 0.15) is 31.7 Å². The Balaban J connectivity index is 0.000000711. The largest absolute Gasteiger partial charge is 0.516 e. The van der Waals surface area contributed by atoms with Crippen molar-refractivity contribution in [1.29, 1.82) is 5.41 Å². The maximum Gasteiger partial charge on any atom is 0.304 e. The van der Waals surface area contributed by atoms with Gasteiger partial charge in [0.25, 0.3) is 0 Å². The van der Waals surface area contributed by atoms with Gasteiger partial charge in [-0.05, 0) is 31.5 Å². The number of phenolic OH excluding ortho intramolecular Hbond substituents is 1. The van der Waals surface area contributed by atoms with E-state index in [2.05, 4.69) is 0 Å². The minimum Gasteiger partial charge on any atom is -0.516 e. The lowest BCUT2D eigenvalue weighted by molar-refractivity contribution is -0.137. The van der Waals surface area contributed by atoms with Gasteiger partial charge in [0.15, 0.2) is 0 Å². The SMILES string of the molecule is C/C=C\O.CC(=N)C(CC(=O)O)c1ccc(O)cc1. The second kappa shape index (κ2) is 8.74. The molecule has 19 heavy (non-hydrogen) atoms. The summed E-state index contributed by atoms with van der Waals surface area (Å²) in [5.41, 5.74) is 1.05. The lowest BCUT2D eigenvalue weighted by Gasteiger charge is -2.13. The molecule has 0 bridgehead atoms. The van der Waals surface area contributed by atoms with Crippen LogP contribution in [0.15, 0.2) is 36.6 Å². The third-order valence-electron chi connectivity index (χ3n) is 2.35. The van der Waals surface area contributed by atoms with E-state index in [0.29, 0.717) is 5.71 Å². The van der Waals surface area contributed by atoms with Crippen molar-refractivity contribution >= 4 is 11.7 Å². The van der Waals surface area contributed by atoms with Crippen LogP contribution in [0.3, 0.4) is 0 Å². The second-order valence-electron chi connectivity index (χ2n) is 3.91. The molecule has 5 nitrogen and oxygen atoms in total. The first kappa shape index (κ1) is 16.7. The summed E-state index contributed by atoms with van der Waals surface area (Å²) in [7, 11) is 0. The Hall–Kier alpha value is -2.30. The van der Waals surface area contributed by atoms with Crippen LogP contribution in [0, 0.1) is 5.41 Å². The van der Waals surface area contributed by atoms with E-state index in [0.717, 1.165) is 11.8 Å². The molecule has 104 valence electrons. The molecule has 4 N–H and O–H groups in total. The van der Waals surface area contributed by atoms with Crippen molar-refractivity contribution in [3.05, 3.63) is 42.2 Å². The Morgan fingerprint density at radius 3 is 2.16 bits per heavy atom. The molecule has 0 heterocycles. The molecule has 0 radical (unpaired) electrons. The van der Waals surface area contributed by atoms with Crippen molar-refractivity contribution in [3.63, 3.8) is 0 Å². The number of aliphatic hydroxyl groups excluding tert-OH is 1. The molecule has 0 aliphatic carbocycles. The van der Waals surface area contributed by atoms with Gasteiger partial charge in [0.1, 0.15) is 5.75 Å². The predicted molar refractivity (Wildman–Crippen MR) is 73.9 cm³/mol. The minimum atomic E-state index is -0.931. The molecule has 1 rings (SSSR count). The highest BCUT2D eigenvalue weighted by Gasteiger charge is 2.17. The number of aliphatic carboxylic acids is 1. The van der Waals surface area contributed by atoms with E-state index >= 15 is 0 Å². The number of aliphatic hydroxyl groups is 1. The van der Waals surface area contributed by atoms with E-state index in [-0.39, 0.29) is 12.2 Å². The standard InChI is InChI=1S/C11H13NO3.C3H6O/c1-7(12)10(6-11(14)15)8-2-4-9(13)5-3-8;1-2-3-4/h2-5,10,12-13H,6H2,1H3,(H,14,15);2-4H,1H3/b;3-2-. The number of aromatic hydroxyl groups is 1. The zero-order valence-corrected chi connectivity index (χ0v) is 11.0. The van der Waals surface area contributed by atoms with Crippen LogP contribution in [0.4, 0.5) is 0 Å². The van der Waals surface area contributed by atoms with Crippen molar-refractivity contribution in [2.75, 3.05) is 0 Å². The van der Waals surface area contributed by atoms with Gasteiger partial charge in [-0.25, -0.2) is 0 Å². The number of carboxylic acids is 1. The highest BCUT2D eigenvalue weighted by Crippen LogP contribution is 2.22. The average molecular weight is 265 g/mol. The summed E-state index contributed by atoms with van der Waals surface area (Å²) in [5, 5.41) is 33.0. The second-order valence-corrected chi connectivity index (χ2v) is 3.91. The molecule has 1 aromatic carbocycles. The molecule has 0 fully saturated rings. The van der Waals surface area contributed by atoms with Gasteiger partial charge >= 0.3 is 5.97 Å². The van der Waals surface area contributed by atoms with E-state index in [4.69, 9.17) is 20.7 Å². The molecule has 0 aromatic heterocycles. The first-order chi connectivity index (χ1) is 8.92. The van der Waals surface area contributed by atoms with Crippen LogP contribution >= 0.6 is 0 Å². The minimum absolute atomic E-state index is 0.0971. The summed E-state index contributed by atoms with van der Waals surface area (Å²) in [4.78, 5) is 10.6. The predicted octanol–water partition coefficient (Wildman–Crippen LogP) is 3.07. The Morgan fingerprint density at radius 1 is 1.37 bits per heavy atom. The number of allylic oxidation sites excluding steroid dienone is 1. The van der Waals surface area contributed by atoms with Crippen molar-refractivity contribution in [3.8, 4) is 5.75 Å². The lowest BCUT2D eigenvalue weighted by atomic mass is 9.92. The van der Waals surface area contributed by atoms with Crippen LogP contribution < -0.4 is 0 Å². The van der Waals surface area contributed by atoms with Gasteiger partial charge in [-0.2, -0.15) is 0 Å². The summed E-state index contributed by atoms with van der Waals surface area (Å²) in [5.74, 6) is -1.21. The molecule has 0 spiro atoms. The van der Waals surface area contributed by atoms with Gasteiger partial charge in [-0.3, -0.25) is 4.79 Å². The van der Waals surface area contributed by atoms with Crippen molar-refractivity contribution in [1.82, 2.24) is 0 Å². The number of benzene rings is 1. The first-order valence-electron chi connectivity index (χ1n) is 5.73. The van der Waals surface area contributed by atoms with Gasteiger partial charge in [0.05, 0.1) is 12.7 Å². The Labute approximate surface area is 112 Å². The average Bonchev–Trinajstić information content (AvgIpc) is 2.37. The molecule has 1 unspecified atom stereocenters. The zero-order chi connectivity index (χ0) is 14.8. The van der Waals surface area contributed by atoms with Gasteiger partial charge < -0.3 is 20.7 Å². The monoisotopic (exact) mass is 265 g/mol. The highest BCUT2D eigenvalue weighted by molar-refractivity contribution is 5.89. The molecule has 0 amide bonds. The van der Waals surface area contributed by atoms with Gasteiger partial charge in [0.2, 0.25) is 0 Å². The summed E-state index contributed by atoms with van der Waals surface area (Å²) in [6, 6.07) is 6.27. The normalized spacial score (nSPS) is 11.5. The number of carboxylic acid groups (broad SMARTS) is 1. The Kier molecular flexibility index (Phi) is 7.68. The fourth-order valence-electron chi connectivity index (χ4n) is 1.40. The van der Waals surface area contributed by atoms with E-state index < -0.39 is 11.9 Å². The summed E-state index contributed by atoms with van der Waals surface area (Å²) < 4.78 is 0. The molecule has 0 aliphatic rings. The summed E-state index contributed by atoms with van der Waals surface area (Å²) >= 11 is 0. The molecule has 1 aromatic rings. The molecule has 0 aliphatic heterocycles. The first-order valence-corrected chi connectivity index (χ1v) is 5.73.